The van der Waals surface area contributed by atoms with Gasteiger partial charge in [-0.3, -0.25) is 4.90 Å². The highest BCUT2D eigenvalue weighted by Gasteiger charge is 2.40. The fraction of sp³-hybridized carbons (Fsp3) is 0.786. The van der Waals surface area contributed by atoms with Crippen molar-refractivity contribution in [3.63, 3.8) is 0 Å². The molecule has 2 aliphatic carbocycles. The first-order chi connectivity index (χ1) is 15.3. The van der Waals surface area contributed by atoms with Crippen LogP contribution >= 0.6 is 0 Å². The number of piperazine rings is 1. The Morgan fingerprint density at radius 2 is 1.50 bits per heavy atom. The quantitative estimate of drug-likeness (QED) is 0.613. The SMILES string of the molecule is CC1(C)CC(c2cc(N3CCOCC3)ccc2N2CCN(CC3CC3)CC2)CC(C)(C)C1. The molecule has 1 aromatic carbocycles. The Labute approximate surface area is 196 Å². The molecule has 2 aliphatic heterocycles. The highest BCUT2D eigenvalue weighted by Crippen LogP contribution is 2.53. The van der Waals surface area contributed by atoms with Crippen LogP contribution in [0, 0.1) is 16.7 Å². The molecule has 0 radical (unpaired) electrons. The van der Waals surface area contributed by atoms with Crippen molar-refractivity contribution >= 4 is 11.4 Å². The van der Waals surface area contributed by atoms with Crippen LogP contribution < -0.4 is 9.80 Å². The second kappa shape index (κ2) is 8.83. The molecule has 4 fully saturated rings. The molecule has 32 heavy (non-hydrogen) atoms. The first-order valence-electron chi connectivity index (χ1n) is 13.2. The smallest absolute Gasteiger partial charge is 0.0642 e. The Morgan fingerprint density at radius 1 is 0.844 bits per heavy atom. The largest absolute Gasteiger partial charge is 0.378 e. The van der Waals surface area contributed by atoms with Gasteiger partial charge in [0, 0.05) is 57.2 Å². The van der Waals surface area contributed by atoms with Gasteiger partial charge in [0.25, 0.3) is 0 Å². The summed E-state index contributed by atoms with van der Waals surface area (Å²) in [7, 11) is 0. The summed E-state index contributed by atoms with van der Waals surface area (Å²) >= 11 is 0. The fourth-order valence-electron chi connectivity index (χ4n) is 7.08. The summed E-state index contributed by atoms with van der Waals surface area (Å²) in [5.41, 5.74) is 5.35. The van der Waals surface area contributed by atoms with Gasteiger partial charge >= 0.3 is 0 Å². The first kappa shape index (κ1) is 22.5. The van der Waals surface area contributed by atoms with Gasteiger partial charge in [0.2, 0.25) is 0 Å². The molecule has 0 N–H and O–H groups in total. The maximum Gasteiger partial charge on any atom is 0.0642 e. The van der Waals surface area contributed by atoms with Crippen molar-refractivity contribution in [2.45, 2.75) is 65.7 Å². The number of ether oxygens (including phenoxy) is 1. The number of nitrogens with zero attached hydrogens (tertiary/aromatic N) is 3. The molecule has 0 unspecified atom stereocenters. The second-order valence-electron chi connectivity index (χ2n) is 12.7. The average Bonchev–Trinajstić information content (AvgIpc) is 3.56. The first-order valence-corrected chi connectivity index (χ1v) is 13.2. The van der Waals surface area contributed by atoms with E-state index in [-0.39, 0.29) is 0 Å². The van der Waals surface area contributed by atoms with Gasteiger partial charge in [-0.2, -0.15) is 0 Å². The number of benzene rings is 1. The van der Waals surface area contributed by atoms with E-state index in [2.05, 4.69) is 60.6 Å². The molecule has 178 valence electrons. The molecule has 0 atom stereocenters. The third-order valence-corrected chi connectivity index (χ3v) is 8.31. The maximum absolute atomic E-state index is 5.63. The van der Waals surface area contributed by atoms with E-state index < -0.39 is 0 Å². The number of anilines is 2. The van der Waals surface area contributed by atoms with Crippen molar-refractivity contribution in [2.75, 3.05) is 68.8 Å². The number of rotatable bonds is 5. The minimum atomic E-state index is 0.404. The molecule has 0 aromatic heterocycles. The van der Waals surface area contributed by atoms with Gasteiger partial charge in [-0.05, 0) is 78.5 Å². The molecular formula is C28H45N3O. The van der Waals surface area contributed by atoms with Crippen molar-refractivity contribution < 1.29 is 4.74 Å². The third kappa shape index (κ3) is 5.28. The molecule has 2 heterocycles. The predicted molar refractivity (Wildman–Crippen MR) is 135 cm³/mol. The monoisotopic (exact) mass is 439 g/mol. The van der Waals surface area contributed by atoms with Crippen molar-refractivity contribution in [3.8, 4) is 0 Å². The van der Waals surface area contributed by atoms with Crippen molar-refractivity contribution in [2.24, 2.45) is 16.7 Å². The van der Waals surface area contributed by atoms with Crippen LogP contribution in [0.2, 0.25) is 0 Å². The summed E-state index contributed by atoms with van der Waals surface area (Å²) < 4.78 is 5.63. The molecule has 2 saturated carbocycles. The van der Waals surface area contributed by atoms with Crippen LogP contribution in [0.3, 0.4) is 0 Å². The molecule has 2 saturated heterocycles. The van der Waals surface area contributed by atoms with E-state index in [1.807, 2.05) is 0 Å². The molecule has 4 nitrogen and oxygen atoms in total. The highest BCUT2D eigenvalue weighted by atomic mass is 16.5. The van der Waals surface area contributed by atoms with E-state index in [1.165, 1.54) is 76.2 Å². The van der Waals surface area contributed by atoms with Crippen molar-refractivity contribution in [1.29, 1.82) is 0 Å². The van der Waals surface area contributed by atoms with Crippen LogP contribution in [-0.4, -0.2) is 63.9 Å². The Bertz CT molecular complexity index is 770. The number of hydrogen-bond acceptors (Lipinski definition) is 4. The maximum atomic E-state index is 5.63. The fourth-order valence-corrected chi connectivity index (χ4v) is 7.08. The van der Waals surface area contributed by atoms with E-state index in [0.29, 0.717) is 16.7 Å². The summed E-state index contributed by atoms with van der Waals surface area (Å²) in [5, 5.41) is 0. The molecule has 0 bridgehead atoms. The summed E-state index contributed by atoms with van der Waals surface area (Å²) in [6, 6.07) is 7.42. The van der Waals surface area contributed by atoms with Gasteiger partial charge in [0.05, 0.1) is 13.2 Å². The Morgan fingerprint density at radius 3 is 2.12 bits per heavy atom. The predicted octanol–water partition coefficient (Wildman–Crippen LogP) is 5.38. The topological polar surface area (TPSA) is 19.0 Å². The van der Waals surface area contributed by atoms with Crippen LogP contribution in [0.1, 0.15) is 71.3 Å². The van der Waals surface area contributed by atoms with Gasteiger partial charge in [0.15, 0.2) is 0 Å². The van der Waals surface area contributed by atoms with Crippen LogP contribution in [0.25, 0.3) is 0 Å². The average molecular weight is 440 g/mol. The van der Waals surface area contributed by atoms with Crippen LogP contribution in [0.4, 0.5) is 11.4 Å². The van der Waals surface area contributed by atoms with E-state index in [9.17, 15) is 0 Å². The van der Waals surface area contributed by atoms with Gasteiger partial charge in [-0.1, -0.05) is 27.7 Å². The van der Waals surface area contributed by atoms with Crippen molar-refractivity contribution in [1.82, 2.24) is 4.90 Å². The third-order valence-electron chi connectivity index (χ3n) is 8.31. The molecule has 0 spiro atoms. The zero-order valence-corrected chi connectivity index (χ0v) is 21.0. The van der Waals surface area contributed by atoms with Gasteiger partial charge < -0.3 is 14.5 Å². The normalized spacial score (nSPS) is 27.0. The van der Waals surface area contributed by atoms with E-state index in [0.717, 1.165) is 32.2 Å². The zero-order chi connectivity index (χ0) is 22.3. The van der Waals surface area contributed by atoms with Gasteiger partial charge in [0.1, 0.15) is 0 Å². The van der Waals surface area contributed by atoms with Crippen molar-refractivity contribution in [3.05, 3.63) is 23.8 Å². The van der Waals surface area contributed by atoms with Crippen LogP contribution in [0.15, 0.2) is 18.2 Å². The van der Waals surface area contributed by atoms with Gasteiger partial charge in [-0.25, -0.2) is 0 Å². The summed E-state index contributed by atoms with van der Waals surface area (Å²) in [5.74, 6) is 1.64. The Balaban J connectivity index is 1.41. The minimum Gasteiger partial charge on any atom is -0.378 e. The lowest BCUT2D eigenvalue weighted by molar-refractivity contribution is 0.0969. The van der Waals surface area contributed by atoms with E-state index in [1.54, 1.807) is 5.56 Å². The molecule has 1 aromatic rings. The van der Waals surface area contributed by atoms with Gasteiger partial charge in [-0.15, -0.1) is 0 Å². The van der Waals surface area contributed by atoms with E-state index >= 15 is 0 Å². The lowest BCUT2D eigenvalue weighted by Crippen LogP contribution is -2.47. The Hall–Kier alpha value is -1.26. The summed E-state index contributed by atoms with van der Waals surface area (Å²) in [6.07, 6.45) is 6.85. The zero-order valence-electron chi connectivity index (χ0n) is 21.0. The van der Waals surface area contributed by atoms with E-state index in [4.69, 9.17) is 4.74 Å². The molecule has 4 aliphatic rings. The van der Waals surface area contributed by atoms with Crippen LogP contribution in [0.5, 0.6) is 0 Å². The molecule has 5 rings (SSSR count). The number of hydrogen-bond donors (Lipinski definition) is 0. The standard InChI is InChI=1S/C28H45N3O/c1-27(2)18-23(19-28(3,4)21-27)25-17-24(30-13-15-32-16-14-30)7-8-26(25)31-11-9-29(10-12-31)20-22-5-6-22/h7-8,17,22-23H,5-6,9-16,18-21H2,1-4H3. The summed E-state index contributed by atoms with van der Waals surface area (Å²) in [4.78, 5) is 7.95. The minimum absolute atomic E-state index is 0.404. The lowest BCUT2D eigenvalue weighted by atomic mass is 9.60. The highest BCUT2D eigenvalue weighted by molar-refractivity contribution is 5.64. The molecule has 4 heteroatoms. The number of morpholine rings is 1. The molecular weight excluding hydrogens is 394 g/mol. The summed E-state index contributed by atoms with van der Waals surface area (Å²) in [6.45, 7) is 19.8. The lowest BCUT2D eigenvalue weighted by Gasteiger charge is -2.46. The van der Waals surface area contributed by atoms with Crippen LogP contribution in [-0.2, 0) is 4.74 Å². The Kier molecular flexibility index (Phi) is 6.22. The second-order valence-corrected chi connectivity index (χ2v) is 12.7. The molecule has 0 amide bonds.